The summed E-state index contributed by atoms with van der Waals surface area (Å²) in [6.07, 6.45) is 4.86. The van der Waals surface area contributed by atoms with Crippen molar-refractivity contribution in [3.05, 3.63) is 12.4 Å². The highest BCUT2D eigenvalue weighted by molar-refractivity contribution is 7.99. The summed E-state index contributed by atoms with van der Waals surface area (Å²) >= 11 is 1.89. The topological polar surface area (TPSA) is 49.8 Å². The quantitative estimate of drug-likeness (QED) is 0.766. The molecule has 0 radical (unpaired) electrons. The molecule has 0 spiro atoms. The van der Waals surface area contributed by atoms with Crippen molar-refractivity contribution in [2.75, 3.05) is 30.0 Å². The van der Waals surface area contributed by atoms with Gasteiger partial charge in [0.05, 0.1) is 0 Å². The Morgan fingerprint density at radius 3 is 2.62 bits per heavy atom. The van der Waals surface area contributed by atoms with Gasteiger partial charge in [-0.2, -0.15) is 11.8 Å². The average Bonchev–Trinajstić information content (AvgIpc) is 2.30. The van der Waals surface area contributed by atoms with Crippen molar-refractivity contribution in [3.63, 3.8) is 0 Å². The molecule has 0 aliphatic carbocycles. The van der Waals surface area contributed by atoms with Crippen LogP contribution in [-0.4, -0.2) is 34.6 Å². The van der Waals surface area contributed by atoms with Gasteiger partial charge in [0.1, 0.15) is 18.0 Å². The first-order valence-corrected chi connectivity index (χ1v) is 6.87. The summed E-state index contributed by atoms with van der Waals surface area (Å²) in [6, 6.07) is 1.94. The van der Waals surface area contributed by atoms with Crippen molar-refractivity contribution in [3.8, 4) is 0 Å². The van der Waals surface area contributed by atoms with Crippen LogP contribution in [0.4, 0.5) is 11.6 Å². The second-order valence-corrected chi connectivity index (χ2v) is 4.86. The van der Waals surface area contributed by atoms with Gasteiger partial charge in [-0.3, -0.25) is 0 Å². The summed E-state index contributed by atoms with van der Waals surface area (Å²) < 4.78 is 0. The summed E-state index contributed by atoms with van der Waals surface area (Å²) in [7, 11) is 0. The lowest BCUT2D eigenvalue weighted by Crippen LogP contribution is -2.09. The molecule has 0 saturated heterocycles. The maximum Gasteiger partial charge on any atom is 0.131 e. The highest BCUT2D eigenvalue weighted by atomic mass is 32.2. The van der Waals surface area contributed by atoms with Crippen LogP contribution in [0.5, 0.6) is 0 Å². The molecule has 5 heteroatoms. The smallest absolute Gasteiger partial charge is 0.131 e. The number of rotatable bonds is 7. The normalized spacial score (nSPS) is 12.2. The molecule has 1 unspecified atom stereocenters. The molecule has 4 nitrogen and oxygen atoms in total. The van der Waals surface area contributed by atoms with E-state index in [9.17, 15) is 0 Å². The third kappa shape index (κ3) is 4.70. The van der Waals surface area contributed by atoms with Gasteiger partial charge >= 0.3 is 0 Å². The molecule has 0 saturated carbocycles. The molecule has 1 aromatic heterocycles. The Morgan fingerprint density at radius 1 is 1.31 bits per heavy atom. The lowest BCUT2D eigenvalue weighted by Gasteiger charge is -2.10. The lowest BCUT2D eigenvalue weighted by atomic mass is 10.3. The summed E-state index contributed by atoms with van der Waals surface area (Å²) in [6.45, 7) is 6.11. The Labute approximate surface area is 102 Å². The first-order chi connectivity index (χ1) is 7.76. The fraction of sp³-hybridized carbons (Fsp3) is 0.636. The van der Waals surface area contributed by atoms with Crippen molar-refractivity contribution in [1.29, 1.82) is 0 Å². The molecule has 0 aromatic carbocycles. The molecule has 90 valence electrons. The number of hydrogen-bond donors (Lipinski definition) is 2. The van der Waals surface area contributed by atoms with Crippen LogP contribution in [0.25, 0.3) is 0 Å². The highest BCUT2D eigenvalue weighted by Gasteiger charge is 2.00. The molecule has 0 aliphatic heterocycles. The maximum absolute atomic E-state index is 4.18. The molecular formula is C11H20N4S. The fourth-order valence-corrected chi connectivity index (χ4v) is 1.61. The van der Waals surface area contributed by atoms with Gasteiger partial charge in [0.2, 0.25) is 0 Å². The monoisotopic (exact) mass is 240 g/mol. The summed E-state index contributed by atoms with van der Waals surface area (Å²) in [5, 5.41) is 7.15. The van der Waals surface area contributed by atoms with Crippen LogP contribution in [0.15, 0.2) is 12.4 Å². The van der Waals surface area contributed by atoms with E-state index < -0.39 is 0 Å². The Hall–Kier alpha value is -0.970. The van der Waals surface area contributed by atoms with Crippen molar-refractivity contribution >= 4 is 23.4 Å². The van der Waals surface area contributed by atoms with Crippen LogP contribution in [0.3, 0.4) is 0 Å². The van der Waals surface area contributed by atoms with E-state index >= 15 is 0 Å². The standard InChI is InChI=1S/C11H20N4S/c1-4-12-10-7-11(15-8-14-10)13-6-5-9(2)16-3/h7-9H,4-6H2,1-3H3,(H2,12,13,14,15). The van der Waals surface area contributed by atoms with Gasteiger partial charge in [0.15, 0.2) is 0 Å². The third-order valence-corrected chi connectivity index (χ3v) is 3.32. The minimum Gasteiger partial charge on any atom is -0.370 e. The third-order valence-electron chi connectivity index (χ3n) is 2.28. The summed E-state index contributed by atoms with van der Waals surface area (Å²) in [5.74, 6) is 1.76. The number of thioether (sulfide) groups is 1. The summed E-state index contributed by atoms with van der Waals surface area (Å²) in [4.78, 5) is 8.30. The second-order valence-electron chi connectivity index (χ2n) is 3.58. The van der Waals surface area contributed by atoms with Crippen molar-refractivity contribution in [2.24, 2.45) is 0 Å². The molecule has 0 aliphatic rings. The van der Waals surface area contributed by atoms with Gasteiger partial charge in [0.25, 0.3) is 0 Å². The number of aromatic nitrogens is 2. The number of nitrogens with one attached hydrogen (secondary N) is 2. The number of nitrogens with zero attached hydrogens (tertiary/aromatic N) is 2. The van der Waals surface area contributed by atoms with E-state index in [4.69, 9.17) is 0 Å². The number of hydrogen-bond acceptors (Lipinski definition) is 5. The van der Waals surface area contributed by atoms with Crippen LogP contribution >= 0.6 is 11.8 Å². The zero-order chi connectivity index (χ0) is 11.8. The largest absolute Gasteiger partial charge is 0.370 e. The Bertz CT molecular complexity index is 306. The van der Waals surface area contributed by atoms with Crippen molar-refractivity contribution < 1.29 is 0 Å². The van der Waals surface area contributed by atoms with E-state index in [1.807, 2.05) is 17.8 Å². The molecule has 2 N–H and O–H groups in total. The van der Waals surface area contributed by atoms with Crippen LogP contribution in [0.2, 0.25) is 0 Å². The molecular weight excluding hydrogens is 220 g/mol. The van der Waals surface area contributed by atoms with Crippen LogP contribution < -0.4 is 10.6 Å². The van der Waals surface area contributed by atoms with E-state index in [-0.39, 0.29) is 0 Å². The average molecular weight is 240 g/mol. The van der Waals surface area contributed by atoms with Crippen LogP contribution in [0, 0.1) is 0 Å². The van der Waals surface area contributed by atoms with Crippen LogP contribution in [0.1, 0.15) is 20.3 Å². The Balaban J connectivity index is 2.38. The van der Waals surface area contributed by atoms with E-state index in [1.165, 1.54) is 0 Å². The Kier molecular flexibility index (Phi) is 6.00. The van der Waals surface area contributed by atoms with Crippen molar-refractivity contribution in [2.45, 2.75) is 25.5 Å². The van der Waals surface area contributed by atoms with Gasteiger partial charge in [-0.05, 0) is 19.6 Å². The molecule has 16 heavy (non-hydrogen) atoms. The molecule has 1 atom stereocenters. The van der Waals surface area contributed by atoms with Gasteiger partial charge < -0.3 is 10.6 Å². The van der Waals surface area contributed by atoms with E-state index in [2.05, 4.69) is 40.7 Å². The van der Waals surface area contributed by atoms with Gasteiger partial charge in [-0.1, -0.05) is 6.92 Å². The van der Waals surface area contributed by atoms with E-state index in [1.54, 1.807) is 6.33 Å². The molecule has 1 rings (SSSR count). The zero-order valence-corrected chi connectivity index (χ0v) is 11.0. The van der Waals surface area contributed by atoms with Gasteiger partial charge in [-0.15, -0.1) is 0 Å². The SMILES string of the molecule is CCNc1cc(NCCC(C)SC)ncn1. The molecule has 1 heterocycles. The fourth-order valence-electron chi connectivity index (χ4n) is 1.25. The summed E-state index contributed by atoms with van der Waals surface area (Å²) in [5.41, 5.74) is 0. The predicted molar refractivity (Wildman–Crippen MR) is 72.3 cm³/mol. The van der Waals surface area contributed by atoms with Crippen molar-refractivity contribution in [1.82, 2.24) is 9.97 Å². The predicted octanol–water partition coefficient (Wildman–Crippen LogP) is 2.46. The Morgan fingerprint density at radius 2 is 2.00 bits per heavy atom. The van der Waals surface area contributed by atoms with E-state index in [0.717, 1.165) is 31.1 Å². The molecule has 1 aromatic rings. The number of anilines is 2. The minimum absolute atomic E-state index is 0.683. The highest BCUT2D eigenvalue weighted by Crippen LogP contribution is 2.11. The zero-order valence-electron chi connectivity index (χ0n) is 10.2. The first kappa shape index (κ1) is 13.1. The molecule has 0 amide bonds. The minimum atomic E-state index is 0.683. The molecule has 0 bridgehead atoms. The van der Waals surface area contributed by atoms with E-state index in [0.29, 0.717) is 5.25 Å². The van der Waals surface area contributed by atoms with Crippen LogP contribution in [-0.2, 0) is 0 Å². The molecule has 0 fully saturated rings. The first-order valence-electron chi connectivity index (χ1n) is 5.58. The van der Waals surface area contributed by atoms with Gasteiger partial charge in [0, 0.05) is 24.4 Å². The second kappa shape index (κ2) is 7.33. The maximum atomic E-state index is 4.18. The lowest BCUT2D eigenvalue weighted by molar-refractivity contribution is 0.849. The van der Waals surface area contributed by atoms with Gasteiger partial charge in [-0.25, -0.2) is 9.97 Å².